The molecule has 0 saturated heterocycles. The summed E-state index contributed by atoms with van der Waals surface area (Å²) in [6.07, 6.45) is 6.22. The van der Waals surface area contributed by atoms with Gasteiger partial charge in [-0.2, -0.15) is 10.2 Å². The van der Waals surface area contributed by atoms with Crippen LogP contribution < -0.4 is 5.32 Å². The minimum Gasteiger partial charge on any atom is -0.352 e. The highest BCUT2D eigenvalue weighted by molar-refractivity contribution is 5.99. The number of amides is 1. The minimum absolute atomic E-state index is 0.139. The lowest BCUT2D eigenvalue weighted by molar-refractivity contribution is 0.0953. The van der Waals surface area contributed by atoms with Gasteiger partial charge in [-0.3, -0.25) is 9.48 Å². The van der Waals surface area contributed by atoms with Crippen LogP contribution in [0.3, 0.4) is 0 Å². The van der Waals surface area contributed by atoms with Crippen molar-refractivity contribution in [3.05, 3.63) is 35.9 Å². The smallest absolute Gasteiger partial charge is 0.256 e. The first-order chi connectivity index (χ1) is 13.6. The molecule has 1 amide bonds. The first-order valence-corrected chi connectivity index (χ1v) is 9.96. The van der Waals surface area contributed by atoms with Gasteiger partial charge in [0.05, 0.1) is 17.6 Å². The van der Waals surface area contributed by atoms with Crippen LogP contribution in [0.15, 0.2) is 24.7 Å². The lowest BCUT2D eigenvalue weighted by Gasteiger charge is -2.17. The van der Waals surface area contributed by atoms with Crippen molar-refractivity contribution >= 4 is 11.6 Å². The Morgan fingerprint density at radius 3 is 2.71 bits per heavy atom. The Kier molecular flexibility index (Phi) is 6.41. The third-order valence-electron chi connectivity index (χ3n) is 5.02. The molecule has 0 aromatic carbocycles. The van der Waals surface area contributed by atoms with E-state index in [0.29, 0.717) is 17.8 Å². The van der Waals surface area contributed by atoms with Crippen LogP contribution in [0.4, 0.5) is 0 Å². The quantitative estimate of drug-likeness (QED) is 0.574. The fraction of sp³-hybridized carbons (Fsp3) is 0.500. The molecule has 0 unspecified atom stereocenters. The number of rotatable bonds is 9. The van der Waals surface area contributed by atoms with Crippen LogP contribution in [0, 0.1) is 6.92 Å². The van der Waals surface area contributed by atoms with Gasteiger partial charge in [0.15, 0.2) is 5.65 Å². The standard InChI is InChI=1S/C20H29N7O/c1-5-25(6-2)12-8-10-22-20(28)16-13-23-27-18(9-11-21-19(16)27)17-14-26(7-3)24-15(17)4/h9,11,13-14H,5-8,10,12H2,1-4H3,(H,22,28). The molecule has 0 fully saturated rings. The van der Waals surface area contributed by atoms with Gasteiger partial charge in [0.2, 0.25) is 0 Å². The van der Waals surface area contributed by atoms with Crippen LogP contribution in [0.1, 0.15) is 43.2 Å². The number of nitrogens with zero attached hydrogens (tertiary/aromatic N) is 6. The molecule has 3 rings (SSSR count). The number of nitrogens with one attached hydrogen (secondary N) is 1. The molecule has 0 aliphatic rings. The van der Waals surface area contributed by atoms with Gasteiger partial charge >= 0.3 is 0 Å². The second-order valence-electron chi connectivity index (χ2n) is 6.74. The zero-order valence-electron chi connectivity index (χ0n) is 17.1. The maximum Gasteiger partial charge on any atom is 0.256 e. The van der Waals surface area contributed by atoms with Crippen molar-refractivity contribution in [1.82, 2.24) is 34.6 Å². The van der Waals surface area contributed by atoms with E-state index < -0.39 is 0 Å². The van der Waals surface area contributed by atoms with E-state index in [1.54, 1.807) is 16.9 Å². The number of carbonyl (C=O) groups is 1. The number of aromatic nitrogens is 5. The fourth-order valence-corrected chi connectivity index (χ4v) is 3.33. The maximum atomic E-state index is 12.6. The number of hydrogen-bond acceptors (Lipinski definition) is 5. The largest absolute Gasteiger partial charge is 0.352 e. The number of fused-ring (bicyclic) bond motifs is 1. The normalized spacial score (nSPS) is 11.5. The van der Waals surface area contributed by atoms with Gasteiger partial charge in [0.1, 0.15) is 5.56 Å². The van der Waals surface area contributed by atoms with Crippen molar-refractivity contribution in [3.63, 3.8) is 0 Å². The Hall–Kier alpha value is -2.74. The topological polar surface area (TPSA) is 80.4 Å². The Labute approximate surface area is 165 Å². The van der Waals surface area contributed by atoms with Crippen LogP contribution in [0.5, 0.6) is 0 Å². The summed E-state index contributed by atoms with van der Waals surface area (Å²) in [7, 11) is 0. The summed E-state index contributed by atoms with van der Waals surface area (Å²) >= 11 is 0. The Balaban J connectivity index is 1.77. The van der Waals surface area contributed by atoms with E-state index in [1.165, 1.54) is 0 Å². The van der Waals surface area contributed by atoms with E-state index in [1.807, 2.05) is 23.9 Å². The van der Waals surface area contributed by atoms with Gasteiger partial charge in [-0.1, -0.05) is 13.8 Å². The van der Waals surface area contributed by atoms with Crippen molar-refractivity contribution in [2.75, 3.05) is 26.2 Å². The van der Waals surface area contributed by atoms with Crippen LogP contribution in [0.2, 0.25) is 0 Å². The summed E-state index contributed by atoms with van der Waals surface area (Å²) in [6, 6.07) is 1.90. The summed E-state index contributed by atoms with van der Waals surface area (Å²) in [5, 5.41) is 11.9. The third-order valence-corrected chi connectivity index (χ3v) is 5.02. The molecule has 8 heteroatoms. The predicted octanol–water partition coefficient (Wildman–Crippen LogP) is 2.38. The molecule has 3 heterocycles. The number of carbonyl (C=O) groups excluding carboxylic acids is 1. The van der Waals surface area contributed by atoms with Gasteiger partial charge in [0, 0.05) is 31.0 Å². The van der Waals surface area contributed by atoms with Gasteiger partial charge < -0.3 is 10.2 Å². The molecule has 0 atom stereocenters. The monoisotopic (exact) mass is 383 g/mol. The molecule has 0 aliphatic heterocycles. The van der Waals surface area contributed by atoms with Crippen molar-refractivity contribution in [1.29, 1.82) is 0 Å². The van der Waals surface area contributed by atoms with Gasteiger partial charge in [-0.25, -0.2) is 9.50 Å². The van der Waals surface area contributed by atoms with Crippen molar-refractivity contribution < 1.29 is 4.79 Å². The molecule has 28 heavy (non-hydrogen) atoms. The van der Waals surface area contributed by atoms with E-state index in [2.05, 4.69) is 46.2 Å². The average molecular weight is 384 g/mol. The molecule has 150 valence electrons. The second kappa shape index (κ2) is 8.97. The molecule has 0 spiro atoms. The van der Waals surface area contributed by atoms with Crippen LogP contribution in [-0.2, 0) is 6.54 Å². The van der Waals surface area contributed by atoms with Crippen molar-refractivity contribution in [3.8, 4) is 11.3 Å². The molecular weight excluding hydrogens is 354 g/mol. The second-order valence-corrected chi connectivity index (χ2v) is 6.74. The minimum atomic E-state index is -0.139. The third kappa shape index (κ3) is 4.06. The van der Waals surface area contributed by atoms with Gasteiger partial charge in [-0.05, 0) is 46.0 Å². The van der Waals surface area contributed by atoms with Crippen LogP contribution in [-0.4, -0.2) is 61.4 Å². The lowest BCUT2D eigenvalue weighted by Crippen LogP contribution is -2.29. The molecule has 0 aliphatic carbocycles. The van der Waals surface area contributed by atoms with E-state index >= 15 is 0 Å². The molecule has 3 aromatic heterocycles. The van der Waals surface area contributed by atoms with E-state index in [0.717, 1.165) is 49.6 Å². The van der Waals surface area contributed by atoms with Crippen molar-refractivity contribution in [2.45, 2.75) is 40.7 Å². The molecule has 0 saturated carbocycles. The zero-order valence-corrected chi connectivity index (χ0v) is 17.1. The summed E-state index contributed by atoms with van der Waals surface area (Å²) in [6.45, 7) is 12.8. The summed E-state index contributed by atoms with van der Waals surface area (Å²) in [4.78, 5) is 19.4. The highest BCUT2D eigenvalue weighted by Gasteiger charge is 2.17. The fourth-order valence-electron chi connectivity index (χ4n) is 3.33. The molecular formula is C20H29N7O. The molecule has 1 N–H and O–H groups in total. The molecule has 0 bridgehead atoms. The highest BCUT2D eigenvalue weighted by Crippen LogP contribution is 2.23. The first-order valence-electron chi connectivity index (χ1n) is 9.96. The average Bonchev–Trinajstić information content (AvgIpc) is 3.31. The van der Waals surface area contributed by atoms with E-state index in [9.17, 15) is 4.79 Å². The van der Waals surface area contributed by atoms with Crippen LogP contribution >= 0.6 is 0 Å². The number of hydrogen-bond donors (Lipinski definition) is 1. The summed E-state index contributed by atoms with van der Waals surface area (Å²) in [5.74, 6) is -0.139. The summed E-state index contributed by atoms with van der Waals surface area (Å²) < 4.78 is 3.61. The summed E-state index contributed by atoms with van der Waals surface area (Å²) in [5.41, 5.74) is 3.84. The zero-order chi connectivity index (χ0) is 20.1. The van der Waals surface area contributed by atoms with Gasteiger partial charge in [-0.15, -0.1) is 0 Å². The SMILES string of the molecule is CCN(CC)CCCNC(=O)c1cnn2c(-c3cn(CC)nc3C)ccnc12. The maximum absolute atomic E-state index is 12.6. The van der Waals surface area contributed by atoms with Crippen LogP contribution in [0.25, 0.3) is 16.9 Å². The van der Waals surface area contributed by atoms with E-state index in [-0.39, 0.29) is 5.91 Å². The Bertz CT molecular complexity index is 939. The first kappa shape index (κ1) is 20.0. The molecule has 3 aromatic rings. The Morgan fingerprint density at radius 2 is 2.04 bits per heavy atom. The molecule has 0 radical (unpaired) electrons. The molecule has 8 nitrogen and oxygen atoms in total. The van der Waals surface area contributed by atoms with E-state index in [4.69, 9.17) is 0 Å². The highest BCUT2D eigenvalue weighted by atomic mass is 16.1. The van der Waals surface area contributed by atoms with Crippen molar-refractivity contribution in [2.24, 2.45) is 0 Å². The Morgan fingerprint density at radius 1 is 1.25 bits per heavy atom. The predicted molar refractivity (Wildman–Crippen MR) is 109 cm³/mol. The number of aryl methyl sites for hydroxylation is 2. The van der Waals surface area contributed by atoms with Gasteiger partial charge in [0.25, 0.3) is 5.91 Å². The lowest BCUT2D eigenvalue weighted by atomic mass is 10.2.